The molecule has 0 saturated heterocycles. The quantitative estimate of drug-likeness (QED) is 0.761. The predicted molar refractivity (Wildman–Crippen MR) is 85.7 cm³/mol. The van der Waals surface area contributed by atoms with Crippen LogP contribution in [0, 0.1) is 11.3 Å². The van der Waals surface area contributed by atoms with Crippen molar-refractivity contribution in [1.82, 2.24) is 5.32 Å². The number of nitrogens with one attached hydrogen (secondary N) is 1. The summed E-state index contributed by atoms with van der Waals surface area (Å²) >= 11 is 1.90. The average Bonchev–Trinajstić information content (AvgIpc) is 2.78. The molecule has 1 nitrogen and oxygen atoms in total. The Morgan fingerprint density at radius 2 is 2.21 bits per heavy atom. The van der Waals surface area contributed by atoms with Gasteiger partial charge in [-0.05, 0) is 48.5 Å². The van der Waals surface area contributed by atoms with Crippen molar-refractivity contribution in [1.29, 1.82) is 0 Å². The molecular formula is C17H29NS. The van der Waals surface area contributed by atoms with Gasteiger partial charge in [0.15, 0.2) is 0 Å². The van der Waals surface area contributed by atoms with Crippen LogP contribution >= 0.6 is 11.3 Å². The molecule has 3 atom stereocenters. The van der Waals surface area contributed by atoms with Crippen LogP contribution in [0.4, 0.5) is 0 Å². The highest BCUT2D eigenvalue weighted by Crippen LogP contribution is 2.39. The summed E-state index contributed by atoms with van der Waals surface area (Å²) in [5.74, 6) is 0.854. The number of hydrogen-bond acceptors (Lipinski definition) is 2. The lowest BCUT2D eigenvalue weighted by Crippen LogP contribution is -2.41. The van der Waals surface area contributed by atoms with Gasteiger partial charge in [-0.15, -0.1) is 11.3 Å². The van der Waals surface area contributed by atoms with Gasteiger partial charge in [-0.2, -0.15) is 0 Å². The van der Waals surface area contributed by atoms with Crippen LogP contribution in [0.3, 0.4) is 0 Å². The molecule has 0 aromatic carbocycles. The summed E-state index contributed by atoms with van der Waals surface area (Å²) in [6, 6.07) is 5.72. The second-order valence-corrected chi connectivity index (χ2v) is 8.11. The number of thiophene rings is 1. The molecule has 3 unspecified atom stereocenters. The first-order chi connectivity index (χ1) is 9.00. The molecule has 19 heavy (non-hydrogen) atoms. The minimum atomic E-state index is 0.502. The molecule has 1 saturated carbocycles. The van der Waals surface area contributed by atoms with Crippen molar-refractivity contribution in [2.24, 2.45) is 11.3 Å². The van der Waals surface area contributed by atoms with Gasteiger partial charge in [-0.3, -0.25) is 0 Å². The Kier molecular flexibility index (Phi) is 5.08. The molecule has 0 aliphatic heterocycles. The first-order valence-electron chi connectivity index (χ1n) is 7.79. The van der Waals surface area contributed by atoms with Crippen LogP contribution in [0.15, 0.2) is 17.5 Å². The standard InChI is InChI=1S/C17H29NS/c1-5-7-15(16-8-6-9-19-16)18-14-10-13(2)11-17(3,4)12-14/h6,8-9,13-15,18H,5,7,10-12H2,1-4H3. The highest BCUT2D eigenvalue weighted by atomic mass is 32.1. The van der Waals surface area contributed by atoms with E-state index in [4.69, 9.17) is 0 Å². The fourth-order valence-corrected chi connectivity index (χ4v) is 4.67. The van der Waals surface area contributed by atoms with Crippen molar-refractivity contribution in [2.75, 3.05) is 0 Å². The number of rotatable bonds is 5. The molecule has 1 heterocycles. The van der Waals surface area contributed by atoms with Gasteiger partial charge >= 0.3 is 0 Å². The largest absolute Gasteiger partial charge is 0.306 e. The maximum Gasteiger partial charge on any atom is 0.0416 e. The third-order valence-electron chi connectivity index (χ3n) is 4.29. The van der Waals surface area contributed by atoms with Crippen LogP contribution in [-0.2, 0) is 0 Å². The zero-order valence-corrected chi connectivity index (χ0v) is 13.7. The molecule has 1 aliphatic rings. The summed E-state index contributed by atoms with van der Waals surface area (Å²) in [6.45, 7) is 9.56. The Morgan fingerprint density at radius 3 is 2.79 bits per heavy atom. The van der Waals surface area contributed by atoms with Crippen molar-refractivity contribution in [3.63, 3.8) is 0 Å². The summed E-state index contributed by atoms with van der Waals surface area (Å²) in [7, 11) is 0. The van der Waals surface area contributed by atoms with Gasteiger partial charge in [-0.25, -0.2) is 0 Å². The smallest absolute Gasteiger partial charge is 0.0416 e. The van der Waals surface area contributed by atoms with E-state index < -0.39 is 0 Å². The van der Waals surface area contributed by atoms with Gasteiger partial charge in [0, 0.05) is 17.0 Å². The van der Waals surface area contributed by atoms with E-state index in [-0.39, 0.29) is 0 Å². The molecule has 108 valence electrons. The molecule has 1 aromatic rings. The maximum absolute atomic E-state index is 3.96. The molecule has 1 N–H and O–H groups in total. The third kappa shape index (κ3) is 4.32. The molecule has 1 aliphatic carbocycles. The Hall–Kier alpha value is -0.340. The summed E-state index contributed by atoms with van der Waals surface area (Å²) in [5.41, 5.74) is 0.502. The van der Waals surface area contributed by atoms with Crippen molar-refractivity contribution in [3.8, 4) is 0 Å². The topological polar surface area (TPSA) is 12.0 Å². The van der Waals surface area contributed by atoms with E-state index in [1.54, 1.807) is 0 Å². The van der Waals surface area contributed by atoms with Gasteiger partial charge in [-0.1, -0.05) is 40.2 Å². The highest BCUT2D eigenvalue weighted by Gasteiger charge is 2.32. The zero-order chi connectivity index (χ0) is 13.9. The molecule has 1 aromatic heterocycles. The van der Waals surface area contributed by atoms with E-state index in [2.05, 4.69) is 50.5 Å². The molecule has 0 radical (unpaired) electrons. The van der Waals surface area contributed by atoms with Gasteiger partial charge in [0.05, 0.1) is 0 Å². The lowest BCUT2D eigenvalue weighted by Gasteiger charge is -2.40. The molecule has 0 bridgehead atoms. The van der Waals surface area contributed by atoms with Crippen LogP contribution in [0.25, 0.3) is 0 Å². The van der Waals surface area contributed by atoms with E-state index in [1.165, 1.54) is 37.0 Å². The van der Waals surface area contributed by atoms with Gasteiger partial charge in [0.2, 0.25) is 0 Å². The zero-order valence-electron chi connectivity index (χ0n) is 12.9. The molecule has 2 heteroatoms. The molecule has 0 amide bonds. The Morgan fingerprint density at radius 1 is 1.42 bits per heavy atom. The Labute approximate surface area is 122 Å². The van der Waals surface area contributed by atoms with Crippen molar-refractivity contribution >= 4 is 11.3 Å². The molecule has 0 spiro atoms. The van der Waals surface area contributed by atoms with E-state index in [0.717, 1.165) is 5.92 Å². The third-order valence-corrected chi connectivity index (χ3v) is 5.27. The number of hydrogen-bond donors (Lipinski definition) is 1. The lowest BCUT2D eigenvalue weighted by molar-refractivity contribution is 0.143. The normalized spacial score (nSPS) is 28.2. The minimum Gasteiger partial charge on any atom is -0.306 e. The first-order valence-corrected chi connectivity index (χ1v) is 8.67. The van der Waals surface area contributed by atoms with Crippen LogP contribution in [-0.4, -0.2) is 6.04 Å². The maximum atomic E-state index is 3.96. The molecular weight excluding hydrogens is 250 g/mol. The SMILES string of the molecule is CCCC(NC1CC(C)CC(C)(C)C1)c1cccs1. The summed E-state index contributed by atoms with van der Waals surface area (Å²) < 4.78 is 0. The first kappa shape index (κ1) is 15.1. The second-order valence-electron chi connectivity index (χ2n) is 7.13. The van der Waals surface area contributed by atoms with Crippen molar-refractivity contribution < 1.29 is 0 Å². The lowest BCUT2D eigenvalue weighted by atomic mass is 9.70. The Balaban J connectivity index is 2.01. The van der Waals surface area contributed by atoms with E-state index in [0.29, 0.717) is 17.5 Å². The monoisotopic (exact) mass is 279 g/mol. The van der Waals surface area contributed by atoms with Gasteiger partial charge < -0.3 is 5.32 Å². The highest BCUT2D eigenvalue weighted by molar-refractivity contribution is 7.10. The van der Waals surface area contributed by atoms with Crippen LogP contribution in [0.5, 0.6) is 0 Å². The van der Waals surface area contributed by atoms with E-state index in [1.807, 2.05) is 11.3 Å². The van der Waals surface area contributed by atoms with Crippen LogP contribution in [0.1, 0.15) is 70.7 Å². The second kappa shape index (κ2) is 6.41. The summed E-state index contributed by atoms with van der Waals surface area (Å²) in [5, 5.41) is 6.16. The average molecular weight is 279 g/mol. The fraction of sp³-hybridized carbons (Fsp3) is 0.765. The minimum absolute atomic E-state index is 0.502. The molecule has 1 fully saturated rings. The van der Waals surface area contributed by atoms with Gasteiger partial charge in [0.25, 0.3) is 0 Å². The van der Waals surface area contributed by atoms with E-state index in [9.17, 15) is 0 Å². The van der Waals surface area contributed by atoms with Crippen molar-refractivity contribution in [3.05, 3.63) is 22.4 Å². The van der Waals surface area contributed by atoms with Crippen LogP contribution < -0.4 is 5.32 Å². The Bertz CT molecular complexity index is 369. The predicted octanol–water partition coefficient (Wildman–Crippen LogP) is 5.39. The summed E-state index contributed by atoms with van der Waals surface area (Å²) in [6.07, 6.45) is 6.55. The van der Waals surface area contributed by atoms with E-state index >= 15 is 0 Å². The van der Waals surface area contributed by atoms with Crippen LogP contribution in [0.2, 0.25) is 0 Å². The molecule has 2 rings (SSSR count). The van der Waals surface area contributed by atoms with Crippen molar-refractivity contribution in [2.45, 2.75) is 71.9 Å². The van der Waals surface area contributed by atoms with Gasteiger partial charge in [0.1, 0.15) is 0 Å². The fourth-order valence-electron chi connectivity index (χ4n) is 3.84. The summed E-state index contributed by atoms with van der Waals surface area (Å²) in [4.78, 5) is 1.51.